The molecule has 1 N–H and O–H groups in total. The quantitative estimate of drug-likeness (QED) is 0.699. The minimum absolute atomic E-state index is 0.312. The molecule has 1 unspecified atom stereocenters. The average molecular weight is 175 g/mol. The Kier molecular flexibility index (Phi) is 3.47. The molecule has 0 aliphatic carbocycles. The van der Waals surface area contributed by atoms with Gasteiger partial charge in [0.05, 0.1) is 6.10 Å². The fourth-order valence-corrected chi connectivity index (χ4v) is 1.34. The third-order valence-corrected chi connectivity index (χ3v) is 1.94. The molecule has 1 atom stereocenters. The number of rotatable bonds is 4. The van der Waals surface area contributed by atoms with Gasteiger partial charge in [0.2, 0.25) is 0 Å². The lowest BCUT2D eigenvalue weighted by Crippen LogP contribution is -2.35. The lowest BCUT2D eigenvalue weighted by molar-refractivity contribution is 0.104. The van der Waals surface area contributed by atoms with E-state index in [9.17, 15) is 4.39 Å². The third-order valence-electron chi connectivity index (χ3n) is 1.94. The van der Waals surface area contributed by atoms with Gasteiger partial charge in [-0.2, -0.15) is 0 Å². The van der Waals surface area contributed by atoms with Gasteiger partial charge < -0.3 is 10.1 Å². The van der Waals surface area contributed by atoms with Crippen LogP contribution in [-0.2, 0) is 4.74 Å². The van der Waals surface area contributed by atoms with E-state index < -0.39 is 5.67 Å². The second-order valence-electron chi connectivity index (χ2n) is 3.98. The molecule has 0 amide bonds. The highest BCUT2D eigenvalue weighted by molar-refractivity contribution is 4.73. The molecule has 0 aromatic carbocycles. The SMILES string of the molecule is CC(C)(F)CNCC1CCCO1. The molecule has 2 nitrogen and oxygen atoms in total. The second-order valence-corrected chi connectivity index (χ2v) is 3.98. The van der Waals surface area contributed by atoms with Crippen molar-refractivity contribution in [1.82, 2.24) is 5.32 Å². The van der Waals surface area contributed by atoms with E-state index in [2.05, 4.69) is 5.32 Å². The highest BCUT2D eigenvalue weighted by atomic mass is 19.1. The van der Waals surface area contributed by atoms with Crippen molar-refractivity contribution in [2.75, 3.05) is 19.7 Å². The summed E-state index contributed by atoms with van der Waals surface area (Å²) in [6, 6.07) is 0. The molecule has 3 heteroatoms. The van der Waals surface area contributed by atoms with E-state index in [0.29, 0.717) is 12.6 Å². The Morgan fingerprint density at radius 2 is 2.33 bits per heavy atom. The lowest BCUT2D eigenvalue weighted by Gasteiger charge is -2.16. The normalized spacial score (nSPS) is 24.8. The van der Waals surface area contributed by atoms with Gasteiger partial charge in [-0.25, -0.2) is 4.39 Å². The number of nitrogens with one attached hydrogen (secondary N) is 1. The molecule has 1 rings (SSSR count). The first kappa shape index (κ1) is 9.93. The van der Waals surface area contributed by atoms with Gasteiger partial charge >= 0.3 is 0 Å². The number of ether oxygens (including phenoxy) is 1. The summed E-state index contributed by atoms with van der Waals surface area (Å²) < 4.78 is 18.3. The standard InChI is InChI=1S/C9H18FNO/c1-9(2,10)7-11-6-8-4-3-5-12-8/h8,11H,3-7H2,1-2H3. The Bertz CT molecular complexity index is 127. The Labute approximate surface area is 73.5 Å². The zero-order valence-electron chi connectivity index (χ0n) is 7.90. The van der Waals surface area contributed by atoms with Crippen LogP contribution in [0.2, 0.25) is 0 Å². The van der Waals surface area contributed by atoms with Crippen molar-refractivity contribution in [2.24, 2.45) is 0 Å². The van der Waals surface area contributed by atoms with E-state index in [1.165, 1.54) is 0 Å². The Hall–Kier alpha value is -0.150. The molecule has 1 aliphatic heterocycles. The van der Waals surface area contributed by atoms with Crippen LogP contribution in [0.3, 0.4) is 0 Å². The van der Waals surface area contributed by atoms with Gasteiger partial charge in [0.15, 0.2) is 0 Å². The van der Waals surface area contributed by atoms with Crippen LogP contribution in [0.1, 0.15) is 26.7 Å². The van der Waals surface area contributed by atoms with Crippen molar-refractivity contribution in [3.8, 4) is 0 Å². The number of halogens is 1. The Morgan fingerprint density at radius 1 is 1.58 bits per heavy atom. The smallest absolute Gasteiger partial charge is 0.117 e. The van der Waals surface area contributed by atoms with E-state index in [1.54, 1.807) is 13.8 Å². The summed E-state index contributed by atoms with van der Waals surface area (Å²) in [7, 11) is 0. The first-order valence-electron chi connectivity index (χ1n) is 4.59. The molecular weight excluding hydrogens is 157 g/mol. The van der Waals surface area contributed by atoms with E-state index in [-0.39, 0.29) is 0 Å². The third kappa shape index (κ3) is 4.02. The topological polar surface area (TPSA) is 21.3 Å². The maximum absolute atomic E-state index is 13.0. The van der Waals surface area contributed by atoms with E-state index in [0.717, 1.165) is 26.0 Å². The first-order valence-corrected chi connectivity index (χ1v) is 4.59. The van der Waals surface area contributed by atoms with Gasteiger partial charge in [0, 0.05) is 19.7 Å². The van der Waals surface area contributed by atoms with Gasteiger partial charge in [-0.05, 0) is 26.7 Å². The van der Waals surface area contributed by atoms with Crippen molar-refractivity contribution in [3.63, 3.8) is 0 Å². The second kappa shape index (κ2) is 4.19. The fourth-order valence-electron chi connectivity index (χ4n) is 1.34. The molecular formula is C9H18FNO. The van der Waals surface area contributed by atoms with Gasteiger partial charge in [-0.1, -0.05) is 0 Å². The van der Waals surface area contributed by atoms with Crippen molar-refractivity contribution < 1.29 is 9.13 Å². The summed E-state index contributed by atoms with van der Waals surface area (Å²) in [4.78, 5) is 0. The predicted molar refractivity (Wildman–Crippen MR) is 47.0 cm³/mol. The predicted octanol–water partition coefficient (Wildman–Crippen LogP) is 1.50. The van der Waals surface area contributed by atoms with Crippen LogP contribution in [0, 0.1) is 0 Å². The van der Waals surface area contributed by atoms with Crippen LogP contribution in [0.25, 0.3) is 0 Å². The van der Waals surface area contributed by atoms with Gasteiger partial charge in [0.25, 0.3) is 0 Å². The van der Waals surface area contributed by atoms with Crippen molar-refractivity contribution in [1.29, 1.82) is 0 Å². The highest BCUT2D eigenvalue weighted by Crippen LogP contribution is 2.11. The minimum Gasteiger partial charge on any atom is -0.377 e. The van der Waals surface area contributed by atoms with E-state index in [1.807, 2.05) is 0 Å². The summed E-state index contributed by atoms with van der Waals surface area (Å²) in [5, 5.41) is 3.07. The largest absolute Gasteiger partial charge is 0.377 e. The maximum Gasteiger partial charge on any atom is 0.117 e. The summed E-state index contributed by atoms with van der Waals surface area (Å²) >= 11 is 0. The molecule has 1 heterocycles. The van der Waals surface area contributed by atoms with E-state index in [4.69, 9.17) is 4.74 Å². The summed E-state index contributed by atoms with van der Waals surface area (Å²) in [6.45, 7) is 5.22. The molecule has 0 aromatic heterocycles. The number of hydrogen-bond acceptors (Lipinski definition) is 2. The molecule has 1 saturated heterocycles. The zero-order chi connectivity index (χ0) is 9.03. The molecule has 1 fully saturated rings. The zero-order valence-corrected chi connectivity index (χ0v) is 7.90. The molecule has 12 heavy (non-hydrogen) atoms. The van der Waals surface area contributed by atoms with Crippen LogP contribution >= 0.6 is 0 Å². The Morgan fingerprint density at radius 3 is 2.83 bits per heavy atom. The van der Waals surface area contributed by atoms with Crippen LogP contribution in [0.15, 0.2) is 0 Å². The highest BCUT2D eigenvalue weighted by Gasteiger charge is 2.18. The fraction of sp³-hybridized carbons (Fsp3) is 1.00. The summed E-state index contributed by atoms with van der Waals surface area (Å²) in [6.07, 6.45) is 2.57. The van der Waals surface area contributed by atoms with Gasteiger partial charge in [-0.3, -0.25) is 0 Å². The van der Waals surface area contributed by atoms with Gasteiger partial charge in [-0.15, -0.1) is 0 Å². The van der Waals surface area contributed by atoms with E-state index >= 15 is 0 Å². The summed E-state index contributed by atoms with van der Waals surface area (Å²) in [5.74, 6) is 0. The molecule has 72 valence electrons. The van der Waals surface area contributed by atoms with Crippen molar-refractivity contribution in [2.45, 2.75) is 38.5 Å². The molecule has 0 aromatic rings. The minimum atomic E-state index is -1.11. The molecule has 0 bridgehead atoms. The van der Waals surface area contributed by atoms with Crippen LogP contribution in [0.4, 0.5) is 4.39 Å². The Balaban J connectivity index is 2.02. The van der Waals surface area contributed by atoms with Crippen LogP contribution in [0.5, 0.6) is 0 Å². The molecule has 0 radical (unpaired) electrons. The van der Waals surface area contributed by atoms with Crippen molar-refractivity contribution >= 4 is 0 Å². The first-order chi connectivity index (χ1) is 5.58. The van der Waals surface area contributed by atoms with Crippen molar-refractivity contribution in [3.05, 3.63) is 0 Å². The maximum atomic E-state index is 13.0. The molecule has 1 aliphatic rings. The molecule has 0 spiro atoms. The number of alkyl halides is 1. The number of hydrogen-bond donors (Lipinski definition) is 1. The average Bonchev–Trinajstić information content (AvgIpc) is 2.36. The lowest BCUT2D eigenvalue weighted by atomic mass is 10.1. The summed E-state index contributed by atoms with van der Waals surface area (Å²) in [5.41, 5.74) is -1.11. The van der Waals surface area contributed by atoms with Gasteiger partial charge in [0.1, 0.15) is 5.67 Å². The van der Waals surface area contributed by atoms with Crippen LogP contribution in [-0.4, -0.2) is 31.5 Å². The molecule has 0 saturated carbocycles. The monoisotopic (exact) mass is 175 g/mol. The van der Waals surface area contributed by atoms with Crippen LogP contribution < -0.4 is 5.32 Å².